The van der Waals surface area contributed by atoms with Crippen LogP contribution in [0.25, 0.3) is 5.65 Å². The fourth-order valence-electron chi connectivity index (χ4n) is 2.19. The Morgan fingerprint density at radius 1 is 1.36 bits per heavy atom. The molecule has 25 heavy (non-hydrogen) atoms. The molecule has 0 saturated heterocycles. The van der Waals surface area contributed by atoms with Gasteiger partial charge in [-0.2, -0.15) is 16.3 Å². The zero-order valence-corrected chi connectivity index (χ0v) is 15.3. The first-order chi connectivity index (χ1) is 12.0. The predicted molar refractivity (Wildman–Crippen MR) is 94.4 cm³/mol. The Balaban J connectivity index is 2.05. The van der Waals surface area contributed by atoms with Gasteiger partial charge < -0.3 is 15.4 Å². The molecule has 0 radical (unpaired) electrons. The first-order valence-electron chi connectivity index (χ1n) is 7.93. The normalized spacial score (nSPS) is 12.0. The van der Waals surface area contributed by atoms with Crippen LogP contribution >= 0.6 is 11.8 Å². The third-order valence-electron chi connectivity index (χ3n) is 3.32. The predicted octanol–water partition coefficient (Wildman–Crippen LogP) is 0.397. The number of nitrogens with zero attached hydrogens (tertiary/aromatic N) is 4. The Labute approximate surface area is 149 Å². The monoisotopic (exact) mass is 366 g/mol. The molecule has 2 rings (SSSR count). The van der Waals surface area contributed by atoms with Crippen LogP contribution in [0.4, 0.5) is 0 Å². The number of amides is 2. The highest BCUT2D eigenvalue weighted by atomic mass is 32.2. The largest absolute Gasteiger partial charge is 0.477 e. The molecule has 10 heteroatoms. The Hall–Kier alpha value is -2.36. The molecular weight excluding hydrogens is 344 g/mol. The van der Waals surface area contributed by atoms with E-state index in [4.69, 9.17) is 4.74 Å². The fourth-order valence-corrected chi connectivity index (χ4v) is 2.66. The molecule has 0 spiro atoms. The number of hydrogen-bond donors (Lipinski definition) is 2. The highest BCUT2D eigenvalue weighted by Gasteiger charge is 2.19. The molecule has 0 aromatic carbocycles. The average Bonchev–Trinajstić information content (AvgIpc) is 2.99. The van der Waals surface area contributed by atoms with Crippen LogP contribution in [0.3, 0.4) is 0 Å². The van der Waals surface area contributed by atoms with Gasteiger partial charge in [0.2, 0.25) is 17.7 Å². The van der Waals surface area contributed by atoms with E-state index in [1.54, 1.807) is 23.9 Å². The Kier molecular flexibility index (Phi) is 6.99. The number of nitrogens with one attached hydrogen (secondary N) is 2. The summed E-state index contributed by atoms with van der Waals surface area (Å²) in [5.74, 6) is 1.21. The Morgan fingerprint density at radius 3 is 2.84 bits per heavy atom. The first-order valence-corrected chi connectivity index (χ1v) is 9.32. The van der Waals surface area contributed by atoms with Crippen molar-refractivity contribution in [2.45, 2.75) is 32.9 Å². The van der Waals surface area contributed by atoms with E-state index in [2.05, 4.69) is 25.9 Å². The van der Waals surface area contributed by atoms with Crippen LogP contribution in [0.15, 0.2) is 12.1 Å². The lowest BCUT2D eigenvalue weighted by molar-refractivity contribution is -0.128. The van der Waals surface area contributed by atoms with E-state index in [-0.39, 0.29) is 18.4 Å². The second-order valence-electron chi connectivity index (χ2n) is 5.24. The minimum atomic E-state index is -0.573. The van der Waals surface area contributed by atoms with Crippen LogP contribution in [0.2, 0.25) is 0 Å². The Morgan fingerprint density at radius 2 is 2.16 bits per heavy atom. The molecule has 0 aliphatic heterocycles. The van der Waals surface area contributed by atoms with E-state index in [1.165, 1.54) is 11.4 Å². The summed E-state index contributed by atoms with van der Waals surface area (Å²) >= 11 is 1.62. The molecule has 0 aliphatic rings. The summed E-state index contributed by atoms with van der Waals surface area (Å²) in [5, 5.41) is 17.8. The third kappa shape index (κ3) is 5.31. The van der Waals surface area contributed by atoms with E-state index in [0.29, 0.717) is 30.4 Å². The van der Waals surface area contributed by atoms with Gasteiger partial charge in [0.25, 0.3) is 0 Å². The van der Waals surface area contributed by atoms with Crippen molar-refractivity contribution in [1.82, 2.24) is 30.4 Å². The van der Waals surface area contributed by atoms with Crippen molar-refractivity contribution in [3.8, 4) is 5.88 Å². The lowest BCUT2D eigenvalue weighted by Gasteiger charge is -2.16. The molecule has 2 aromatic rings. The lowest BCUT2D eigenvalue weighted by atomic mass is 10.2. The SMILES string of the molecule is CCOc1ccc2nnc(CNC(=O)[C@H](CCSC)NC(C)=O)n2n1. The van der Waals surface area contributed by atoms with Gasteiger partial charge in [0, 0.05) is 13.0 Å². The van der Waals surface area contributed by atoms with E-state index < -0.39 is 6.04 Å². The third-order valence-corrected chi connectivity index (χ3v) is 3.96. The van der Waals surface area contributed by atoms with Crippen LogP contribution in [0.1, 0.15) is 26.1 Å². The summed E-state index contributed by atoms with van der Waals surface area (Å²) in [5.41, 5.74) is 0.563. The summed E-state index contributed by atoms with van der Waals surface area (Å²) < 4.78 is 6.89. The molecular formula is C15H22N6O3S. The number of ether oxygens (including phenoxy) is 1. The maximum absolute atomic E-state index is 12.3. The van der Waals surface area contributed by atoms with Crippen molar-refractivity contribution < 1.29 is 14.3 Å². The van der Waals surface area contributed by atoms with Gasteiger partial charge in [0.05, 0.1) is 13.2 Å². The second-order valence-corrected chi connectivity index (χ2v) is 6.23. The number of carbonyl (C=O) groups is 2. The van der Waals surface area contributed by atoms with Crippen LogP contribution < -0.4 is 15.4 Å². The highest BCUT2D eigenvalue weighted by Crippen LogP contribution is 2.09. The molecule has 2 aromatic heterocycles. The highest BCUT2D eigenvalue weighted by molar-refractivity contribution is 7.98. The molecule has 0 unspecified atom stereocenters. The molecule has 0 aliphatic carbocycles. The van der Waals surface area contributed by atoms with Crippen molar-refractivity contribution in [2.75, 3.05) is 18.6 Å². The van der Waals surface area contributed by atoms with Crippen LogP contribution in [-0.4, -0.2) is 56.3 Å². The summed E-state index contributed by atoms with van der Waals surface area (Å²) in [6.07, 6.45) is 2.51. The average molecular weight is 366 g/mol. The van der Waals surface area contributed by atoms with E-state index in [9.17, 15) is 9.59 Å². The Bertz CT molecular complexity index is 735. The number of hydrogen-bond acceptors (Lipinski definition) is 7. The molecule has 9 nitrogen and oxygen atoms in total. The molecule has 2 N–H and O–H groups in total. The van der Waals surface area contributed by atoms with Gasteiger partial charge in [0.1, 0.15) is 6.04 Å². The zero-order chi connectivity index (χ0) is 18.2. The van der Waals surface area contributed by atoms with Gasteiger partial charge in [0.15, 0.2) is 11.5 Å². The molecule has 0 bridgehead atoms. The van der Waals surface area contributed by atoms with Crippen LogP contribution in [0, 0.1) is 0 Å². The van der Waals surface area contributed by atoms with Crippen molar-refractivity contribution in [3.05, 3.63) is 18.0 Å². The number of aromatic nitrogens is 4. The molecule has 1 atom stereocenters. The van der Waals surface area contributed by atoms with Crippen LogP contribution in [-0.2, 0) is 16.1 Å². The molecule has 0 saturated carbocycles. The quantitative estimate of drug-likeness (QED) is 0.661. The van der Waals surface area contributed by atoms with Gasteiger partial charge in [-0.15, -0.1) is 15.3 Å². The van der Waals surface area contributed by atoms with Crippen molar-refractivity contribution in [2.24, 2.45) is 0 Å². The fraction of sp³-hybridized carbons (Fsp3) is 0.533. The van der Waals surface area contributed by atoms with E-state index in [1.807, 2.05) is 13.2 Å². The molecule has 2 heterocycles. The van der Waals surface area contributed by atoms with Gasteiger partial charge in [-0.25, -0.2) is 0 Å². The topological polar surface area (TPSA) is 111 Å². The van der Waals surface area contributed by atoms with Gasteiger partial charge in [-0.1, -0.05) is 0 Å². The second kappa shape index (κ2) is 9.21. The van der Waals surface area contributed by atoms with Gasteiger partial charge in [-0.3, -0.25) is 9.59 Å². The standard InChI is InChI=1S/C15H22N6O3S/c1-4-24-14-6-5-12-18-19-13(21(12)20-14)9-16-15(23)11(7-8-25-3)17-10(2)22/h5-6,11H,4,7-9H2,1-3H3,(H,16,23)(H,17,22)/t11-/m0/s1. The maximum atomic E-state index is 12.3. The first kappa shape index (κ1) is 19.0. The van der Waals surface area contributed by atoms with Crippen molar-refractivity contribution >= 4 is 29.2 Å². The summed E-state index contributed by atoms with van der Waals surface area (Å²) in [4.78, 5) is 23.6. The van der Waals surface area contributed by atoms with Crippen molar-refractivity contribution in [1.29, 1.82) is 0 Å². The zero-order valence-electron chi connectivity index (χ0n) is 14.5. The molecule has 136 valence electrons. The minimum Gasteiger partial charge on any atom is -0.477 e. The summed E-state index contributed by atoms with van der Waals surface area (Å²) in [6.45, 7) is 3.92. The number of carbonyl (C=O) groups excluding carboxylic acids is 2. The number of rotatable bonds is 9. The molecule has 2 amide bonds. The van der Waals surface area contributed by atoms with E-state index >= 15 is 0 Å². The number of thioether (sulfide) groups is 1. The maximum Gasteiger partial charge on any atom is 0.242 e. The molecule has 0 fully saturated rings. The van der Waals surface area contributed by atoms with Gasteiger partial charge in [-0.05, 0) is 31.4 Å². The van der Waals surface area contributed by atoms with Crippen molar-refractivity contribution in [3.63, 3.8) is 0 Å². The lowest BCUT2D eigenvalue weighted by Crippen LogP contribution is -2.46. The number of fused-ring (bicyclic) bond motifs is 1. The smallest absolute Gasteiger partial charge is 0.242 e. The summed E-state index contributed by atoms with van der Waals surface area (Å²) in [6, 6.07) is 2.89. The minimum absolute atomic E-state index is 0.151. The van der Waals surface area contributed by atoms with Gasteiger partial charge >= 0.3 is 0 Å². The van der Waals surface area contributed by atoms with E-state index in [0.717, 1.165) is 5.75 Å². The summed E-state index contributed by atoms with van der Waals surface area (Å²) in [7, 11) is 0. The van der Waals surface area contributed by atoms with Crippen LogP contribution in [0.5, 0.6) is 5.88 Å².